The van der Waals surface area contributed by atoms with Crippen LogP contribution in [0.3, 0.4) is 0 Å². The van der Waals surface area contributed by atoms with Gasteiger partial charge in [0.25, 0.3) is 5.91 Å². The molecule has 6 heterocycles. The number of piperidine rings is 3. The van der Waals surface area contributed by atoms with Crippen molar-refractivity contribution in [1.82, 2.24) is 15.0 Å². The molecule has 1 amide bonds. The number of thiophene rings is 2. The third kappa shape index (κ3) is 4.29. The van der Waals surface area contributed by atoms with Gasteiger partial charge in [0.05, 0.1) is 13.1 Å². The predicted molar refractivity (Wildman–Crippen MR) is 122 cm³/mol. The maximum atomic E-state index is 13.4. The molecule has 3 saturated heterocycles. The van der Waals surface area contributed by atoms with E-state index in [1.165, 1.54) is 35.3 Å². The summed E-state index contributed by atoms with van der Waals surface area (Å²) in [5.41, 5.74) is -0.817. The molecule has 3 aliphatic heterocycles. The summed E-state index contributed by atoms with van der Waals surface area (Å²) >= 11 is 2.84. The first-order valence-corrected chi connectivity index (χ1v) is 12.6. The molecule has 3 fully saturated rings. The number of aromatic nitrogens is 3. The van der Waals surface area contributed by atoms with Crippen LogP contribution in [0.1, 0.15) is 24.0 Å². The van der Waals surface area contributed by atoms with Crippen LogP contribution in [0.2, 0.25) is 0 Å². The highest BCUT2D eigenvalue weighted by Gasteiger charge is 2.51. The standard InChI is InChI=1S/C22H23N5O4S2/c28-19(26-21-24-13-23-14-25-21)10-27-5-1-15(2-6-27)18(9-27)31-20(29)22(30,16-3-7-32-11-16)17-4-8-33-12-17/h3-4,7-8,11-15,18,30H,1-2,5-6,9-10H2/p+1/t15?,18-,27?/m0/s1. The van der Waals surface area contributed by atoms with E-state index in [-0.39, 0.29) is 30.4 Å². The molecule has 2 bridgehead atoms. The Balaban J connectivity index is 1.31. The molecule has 2 N–H and O–H groups in total. The number of rotatable bonds is 7. The first-order valence-electron chi connectivity index (χ1n) is 10.7. The number of ether oxygens (including phenoxy) is 1. The second-order valence-electron chi connectivity index (χ2n) is 8.66. The lowest BCUT2D eigenvalue weighted by molar-refractivity contribution is -0.939. The minimum atomic E-state index is -1.84. The number of carbonyl (C=O) groups is 2. The van der Waals surface area contributed by atoms with Crippen LogP contribution in [0.25, 0.3) is 0 Å². The van der Waals surface area contributed by atoms with Crippen molar-refractivity contribution in [3.05, 3.63) is 57.4 Å². The number of hydrogen-bond acceptors (Lipinski definition) is 9. The van der Waals surface area contributed by atoms with E-state index in [4.69, 9.17) is 4.74 Å². The molecule has 6 rings (SSSR count). The van der Waals surface area contributed by atoms with Crippen molar-refractivity contribution in [1.29, 1.82) is 0 Å². The number of anilines is 1. The van der Waals surface area contributed by atoms with E-state index in [9.17, 15) is 14.7 Å². The Morgan fingerprint density at radius 2 is 1.76 bits per heavy atom. The fourth-order valence-electron chi connectivity index (χ4n) is 4.92. The number of carbonyl (C=O) groups excluding carboxylic acids is 2. The minimum Gasteiger partial charge on any atom is -0.453 e. The molecule has 3 aliphatic rings. The molecule has 1 atom stereocenters. The first kappa shape index (κ1) is 22.1. The second-order valence-corrected chi connectivity index (χ2v) is 10.2. The van der Waals surface area contributed by atoms with Crippen LogP contribution < -0.4 is 5.32 Å². The zero-order valence-corrected chi connectivity index (χ0v) is 19.4. The summed E-state index contributed by atoms with van der Waals surface area (Å²) in [6, 6.07) is 3.50. The molecule has 0 aliphatic carbocycles. The number of esters is 1. The van der Waals surface area contributed by atoms with Gasteiger partial charge in [-0.05, 0) is 33.7 Å². The Morgan fingerprint density at radius 1 is 1.12 bits per heavy atom. The van der Waals surface area contributed by atoms with Gasteiger partial charge in [-0.15, -0.1) is 0 Å². The summed E-state index contributed by atoms with van der Waals surface area (Å²) in [6.07, 6.45) is 4.05. The molecule has 0 unspecified atom stereocenters. The normalized spacial score (nSPS) is 24.4. The van der Waals surface area contributed by atoms with Gasteiger partial charge in [0.2, 0.25) is 11.5 Å². The van der Waals surface area contributed by atoms with Gasteiger partial charge in [-0.2, -0.15) is 22.7 Å². The number of nitrogens with zero attached hydrogens (tertiary/aromatic N) is 4. The molecule has 3 aromatic heterocycles. The Kier molecular flexibility index (Phi) is 5.95. The van der Waals surface area contributed by atoms with Gasteiger partial charge in [0, 0.05) is 29.9 Å². The molecular weight excluding hydrogens is 462 g/mol. The lowest BCUT2D eigenvalue weighted by Crippen LogP contribution is -2.66. The number of hydrogen-bond donors (Lipinski definition) is 2. The summed E-state index contributed by atoms with van der Waals surface area (Å²) in [6.45, 7) is 2.50. The summed E-state index contributed by atoms with van der Waals surface area (Å²) in [5, 5.41) is 21.5. The summed E-state index contributed by atoms with van der Waals surface area (Å²) < 4.78 is 6.55. The number of aliphatic hydroxyl groups is 1. The smallest absolute Gasteiger partial charge is 0.348 e. The van der Waals surface area contributed by atoms with Crippen LogP contribution >= 0.6 is 22.7 Å². The molecule has 0 saturated carbocycles. The van der Waals surface area contributed by atoms with Crippen LogP contribution in [-0.4, -0.2) is 68.7 Å². The highest BCUT2D eigenvalue weighted by Crippen LogP contribution is 2.39. The number of nitrogens with one attached hydrogen (secondary N) is 1. The predicted octanol–water partition coefficient (Wildman–Crippen LogP) is 2.02. The van der Waals surface area contributed by atoms with Crippen LogP contribution in [0.5, 0.6) is 0 Å². The van der Waals surface area contributed by atoms with Gasteiger partial charge in [-0.1, -0.05) is 0 Å². The Hall–Kier alpha value is -2.73. The molecule has 0 radical (unpaired) electrons. The summed E-state index contributed by atoms with van der Waals surface area (Å²) in [4.78, 5) is 37.7. The second kappa shape index (κ2) is 8.90. The van der Waals surface area contributed by atoms with E-state index >= 15 is 0 Å². The fourth-order valence-corrected chi connectivity index (χ4v) is 6.31. The molecule has 172 valence electrons. The van der Waals surface area contributed by atoms with Gasteiger partial charge in [0.1, 0.15) is 19.2 Å². The van der Waals surface area contributed by atoms with Crippen LogP contribution in [0.4, 0.5) is 5.95 Å². The largest absolute Gasteiger partial charge is 0.453 e. The van der Waals surface area contributed by atoms with Crippen LogP contribution in [0.15, 0.2) is 46.3 Å². The van der Waals surface area contributed by atoms with Crippen LogP contribution in [-0.2, 0) is 19.9 Å². The van der Waals surface area contributed by atoms with Crippen molar-refractivity contribution >= 4 is 40.5 Å². The van der Waals surface area contributed by atoms with E-state index in [0.29, 0.717) is 22.2 Å². The lowest BCUT2D eigenvalue weighted by atomic mass is 9.82. The third-order valence-electron chi connectivity index (χ3n) is 6.70. The summed E-state index contributed by atoms with van der Waals surface area (Å²) in [7, 11) is 0. The maximum absolute atomic E-state index is 13.4. The van der Waals surface area contributed by atoms with E-state index in [0.717, 1.165) is 25.9 Å². The highest BCUT2D eigenvalue weighted by molar-refractivity contribution is 7.08. The van der Waals surface area contributed by atoms with E-state index in [1.54, 1.807) is 22.9 Å². The Morgan fingerprint density at radius 3 is 2.33 bits per heavy atom. The molecule has 9 nitrogen and oxygen atoms in total. The zero-order valence-electron chi connectivity index (χ0n) is 17.8. The van der Waals surface area contributed by atoms with Crippen molar-refractivity contribution in [2.75, 3.05) is 31.5 Å². The SMILES string of the molecule is O=C(C[N+]12CCC(CC1)[C@@H](OC(=O)C(O)(c1ccsc1)c1ccsc1)C2)Nc1ncncn1. The van der Waals surface area contributed by atoms with Gasteiger partial charge in [-0.3, -0.25) is 10.1 Å². The highest BCUT2D eigenvalue weighted by atomic mass is 32.1. The maximum Gasteiger partial charge on any atom is 0.348 e. The molecule has 0 aromatic carbocycles. The van der Waals surface area contributed by atoms with Crippen molar-refractivity contribution in [2.24, 2.45) is 5.92 Å². The molecule has 11 heteroatoms. The third-order valence-corrected chi connectivity index (χ3v) is 8.06. The van der Waals surface area contributed by atoms with Gasteiger partial charge < -0.3 is 14.3 Å². The van der Waals surface area contributed by atoms with Gasteiger partial charge in [-0.25, -0.2) is 19.7 Å². The quantitative estimate of drug-likeness (QED) is 0.388. The minimum absolute atomic E-state index is 0.181. The van der Waals surface area contributed by atoms with Crippen molar-refractivity contribution in [2.45, 2.75) is 24.5 Å². The van der Waals surface area contributed by atoms with Crippen molar-refractivity contribution < 1.29 is 23.9 Å². The Labute approximate surface area is 198 Å². The van der Waals surface area contributed by atoms with Crippen molar-refractivity contribution in [3.8, 4) is 0 Å². The molecule has 3 aromatic rings. The summed E-state index contributed by atoms with van der Waals surface area (Å²) in [5.74, 6) is -0.389. The number of fused-ring (bicyclic) bond motifs is 3. The molecule has 0 spiro atoms. The van der Waals surface area contributed by atoms with Gasteiger partial charge in [0.15, 0.2) is 12.6 Å². The zero-order chi connectivity index (χ0) is 22.9. The molecule has 33 heavy (non-hydrogen) atoms. The number of amides is 1. The van der Waals surface area contributed by atoms with E-state index in [2.05, 4.69) is 20.3 Å². The fraction of sp³-hybridized carbons (Fsp3) is 0.409. The topological polar surface area (TPSA) is 114 Å². The van der Waals surface area contributed by atoms with E-state index < -0.39 is 11.6 Å². The lowest BCUT2D eigenvalue weighted by Gasteiger charge is -2.51. The first-order chi connectivity index (χ1) is 16.0. The molecular formula is C22H24N5O4S2+. The average Bonchev–Trinajstić information content (AvgIpc) is 3.54. The van der Waals surface area contributed by atoms with E-state index in [1.807, 2.05) is 10.8 Å². The average molecular weight is 487 g/mol. The monoisotopic (exact) mass is 486 g/mol. The number of quaternary nitrogens is 1. The Bertz CT molecular complexity index is 1070. The van der Waals surface area contributed by atoms with Crippen molar-refractivity contribution in [3.63, 3.8) is 0 Å². The van der Waals surface area contributed by atoms with Crippen LogP contribution in [0, 0.1) is 5.92 Å². The van der Waals surface area contributed by atoms with Gasteiger partial charge >= 0.3 is 5.97 Å².